The molecule has 144 valence electrons. The summed E-state index contributed by atoms with van der Waals surface area (Å²) in [6.07, 6.45) is -10.0. The molecule has 0 aromatic heterocycles. The van der Waals surface area contributed by atoms with Gasteiger partial charge < -0.3 is 10.6 Å². The number of piperazine rings is 1. The molecule has 0 saturated carbocycles. The molecule has 0 radical (unpaired) electrons. The molecule has 1 heterocycles. The molecule has 1 fully saturated rings. The Labute approximate surface area is 144 Å². The van der Waals surface area contributed by atoms with Gasteiger partial charge in [-0.3, -0.25) is 14.5 Å². The molecule has 0 bridgehead atoms. The monoisotopic (exact) mass is 383 g/mol. The van der Waals surface area contributed by atoms with E-state index < -0.39 is 40.9 Å². The van der Waals surface area contributed by atoms with Gasteiger partial charge in [0.2, 0.25) is 5.91 Å². The number of halogens is 6. The fourth-order valence-corrected chi connectivity index (χ4v) is 2.59. The van der Waals surface area contributed by atoms with E-state index in [4.69, 9.17) is 5.73 Å². The summed E-state index contributed by atoms with van der Waals surface area (Å²) in [5, 5.41) is 0. The molecule has 1 aromatic rings. The van der Waals surface area contributed by atoms with Crippen molar-refractivity contribution in [2.45, 2.75) is 12.4 Å². The molecule has 0 aliphatic carbocycles. The van der Waals surface area contributed by atoms with Gasteiger partial charge in [0.15, 0.2) is 0 Å². The van der Waals surface area contributed by atoms with Crippen LogP contribution < -0.4 is 5.73 Å². The zero-order chi connectivity index (χ0) is 19.7. The molecule has 11 heteroatoms. The van der Waals surface area contributed by atoms with Crippen LogP contribution in [-0.4, -0.2) is 54.3 Å². The molecule has 0 atom stereocenters. The lowest BCUT2D eigenvalue weighted by Gasteiger charge is -2.34. The number of hydrogen-bond donors (Lipinski definition) is 1. The van der Waals surface area contributed by atoms with Crippen LogP contribution in [0.1, 0.15) is 21.5 Å². The Morgan fingerprint density at radius 1 is 0.885 bits per heavy atom. The average molecular weight is 383 g/mol. The van der Waals surface area contributed by atoms with E-state index in [-0.39, 0.29) is 38.8 Å². The van der Waals surface area contributed by atoms with E-state index in [2.05, 4.69) is 0 Å². The Morgan fingerprint density at radius 3 is 1.73 bits per heavy atom. The number of rotatable bonds is 3. The van der Waals surface area contributed by atoms with Gasteiger partial charge in [-0.1, -0.05) is 0 Å². The number of benzene rings is 1. The van der Waals surface area contributed by atoms with E-state index in [1.807, 2.05) is 0 Å². The molecular weight excluding hydrogens is 368 g/mol. The zero-order valence-corrected chi connectivity index (χ0v) is 13.3. The van der Waals surface area contributed by atoms with Gasteiger partial charge in [0.25, 0.3) is 5.91 Å². The van der Waals surface area contributed by atoms with Crippen molar-refractivity contribution in [1.82, 2.24) is 9.80 Å². The van der Waals surface area contributed by atoms with Gasteiger partial charge >= 0.3 is 12.4 Å². The van der Waals surface area contributed by atoms with E-state index in [0.717, 1.165) is 4.90 Å². The highest BCUT2D eigenvalue weighted by Gasteiger charge is 2.38. The highest BCUT2D eigenvalue weighted by Crippen LogP contribution is 2.36. The molecule has 1 aromatic carbocycles. The van der Waals surface area contributed by atoms with Gasteiger partial charge in [-0.05, 0) is 18.2 Å². The number of carbonyl (C=O) groups is 2. The first-order chi connectivity index (χ1) is 11.9. The molecule has 2 amide bonds. The first kappa shape index (κ1) is 20.0. The highest BCUT2D eigenvalue weighted by molar-refractivity contribution is 5.94. The van der Waals surface area contributed by atoms with Gasteiger partial charge in [0.1, 0.15) is 0 Å². The van der Waals surface area contributed by atoms with Crippen molar-refractivity contribution in [2.24, 2.45) is 5.73 Å². The van der Waals surface area contributed by atoms with Gasteiger partial charge in [0, 0.05) is 31.7 Å². The van der Waals surface area contributed by atoms with Gasteiger partial charge in [-0.2, -0.15) is 26.3 Å². The molecule has 1 saturated heterocycles. The van der Waals surface area contributed by atoms with Gasteiger partial charge in [-0.15, -0.1) is 0 Å². The molecule has 1 aliphatic heterocycles. The Balaban J connectivity index is 2.25. The third kappa shape index (κ3) is 4.87. The summed E-state index contributed by atoms with van der Waals surface area (Å²) in [5.41, 5.74) is 1.29. The average Bonchev–Trinajstić information content (AvgIpc) is 2.52. The van der Waals surface area contributed by atoms with Crippen molar-refractivity contribution >= 4 is 11.8 Å². The third-order valence-electron chi connectivity index (χ3n) is 3.87. The summed E-state index contributed by atoms with van der Waals surface area (Å²) in [4.78, 5) is 26.0. The van der Waals surface area contributed by atoms with E-state index in [1.165, 1.54) is 0 Å². The molecule has 1 aliphatic rings. The first-order valence-electron chi connectivity index (χ1n) is 7.47. The zero-order valence-electron chi connectivity index (χ0n) is 13.3. The second-order valence-electron chi connectivity index (χ2n) is 5.83. The van der Waals surface area contributed by atoms with E-state index in [9.17, 15) is 35.9 Å². The Hall–Kier alpha value is -2.30. The number of amides is 2. The molecule has 2 rings (SSSR count). The van der Waals surface area contributed by atoms with Crippen LogP contribution >= 0.6 is 0 Å². The second kappa shape index (κ2) is 7.14. The molecule has 26 heavy (non-hydrogen) atoms. The number of hydrogen-bond acceptors (Lipinski definition) is 3. The largest absolute Gasteiger partial charge is 0.416 e. The lowest BCUT2D eigenvalue weighted by molar-refractivity contribution is -0.143. The van der Waals surface area contributed by atoms with Gasteiger partial charge in [-0.25, -0.2) is 0 Å². The summed E-state index contributed by atoms with van der Waals surface area (Å²) in [6.45, 7) is 0.552. The summed E-state index contributed by atoms with van der Waals surface area (Å²) < 4.78 is 77.2. The van der Waals surface area contributed by atoms with Crippen molar-refractivity contribution in [1.29, 1.82) is 0 Å². The third-order valence-corrected chi connectivity index (χ3v) is 3.87. The molecule has 0 spiro atoms. The van der Waals surface area contributed by atoms with Crippen LogP contribution in [0.4, 0.5) is 26.3 Å². The summed E-state index contributed by atoms with van der Waals surface area (Å²) in [7, 11) is 0. The SMILES string of the molecule is NC(=O)CN1CCN(C(=O)c2cc(C(F)(F)F)cc(C(F)(F)F)c2)CC1. The fourth-order valence-electron chi connectivity index (χ4n) is 2.59. The van der Waals surface area contributed by atoms with Crippen LogP contribution in [0.15, 0.2) is 18.2 Å². The number of alkyl halides is 6. The minimum atomic E-state index is -5.02. The van der Waals surface area contributed by atoms with E-state index in [0.29, 0.717) is 12.1 Å². The van der Waals surface area contributed by atoms with Gasteiger partial charge in [0.05, 0.1) is 17.7 Å². The van der Waals surface area contributed by atoms with Crippen molar-refractivity contribution in [2.75, 3.05) is 32.7 Å². The Kier molecular flexibility index (Phi) is 5.49. The predicted molar refractivity (Wildman–Crippen MR) is 78.0 cm³/mol. The van der Waals surface area contributed by atoms with Crippen molar-refractivity contribution in [3.05, 3.63) is 34.9 Å². The highest BCUT2D eigenvalue weighted by atomic mass is 19.4. The summed E-state index contributed by atoms with van der Waals surface area (Å²) >= 11 is 0. The standard InChI is InChI=1S/C15H15F6N3O2/c16-14(17,18)10-5-9(6-11(7-10)15(19,20)21)13(26)24-3-1-23(2-4-24)8-12(22)25/h5-7H,1-4,8H2,(H2,22,25). The maximum atomic E-state index is 12.9. The molecule has 0 unspecified atom stereocenters. The topological polar surface area (TPSA) is 66.6 Å². The summed E-state index contributed by atoms with van der Waals surface area (Å²) in [5.74, 6) is -1.50. The number of carbonyl (C=O) groups excluding carboxylic acids is 2. The molecule has 5 nitrogen and oxygen atoms in total. The summed E-state index contributed by atoms with van der Waals surface area (Å²) in [6, 6.07) is 0.794. The quantitative estimate of drug-likeness (QED) is 0.812. The first-order valence-corrected chi connectivity index (χ1v) is 7.47. The Morgan fingerprint density at radius 2 is 1.35 bits per heavy atom. The van der Waals surface area contributed by atoms with Crippen LogP contribution in [0.3, 0.4) is 0 Å². The Bertz CT molecular complexity index is 661. The second-order valence-corrected chi connectivity index (χ2v) is 5.83. The maximum Gasteiger partial charge on any atom is 0.416 e. The van der Waals surface area contributed by atoms with Crippen LogP contribution in [0.2, 0.25) is 0 Å². The van der Waals surface area contributed by atoms with Crippen molar-refractivity contribution in [3.8, 4) is 0 Å². The molecular formula is C15H15F6N3O2. The number of nitrogens with zero attached hydrogens (tertiary/aromatic N) is 2. The number of nitrogens with two attached hydrogens (primary N) is 1. The molecule has 2 N–H and O–H groups in total. The van der Waals surface area contributed by atoms with Crippen LogP contribution in [0.25, 0.3) is 0 Å². The van der Waals surface area contributed by atoms with Crippen molar-refractivity contribution < 1.29 is 35.9 Å². The van der Waals surface area contributed by atoms with Crippen LogP contribution in [-0.2, 0) is 17.1 Å². The van der Waals surface area contributed by atoms with Crippen LogP contribution in [0, 0.1) is 0 Å². The smallest absolute Gasteiger partial charge is 0.369 e. The number of primary amides is 1. The van der Waals surface area contributed by atoms with E-state index >= 15 is 0 Å². The normalized spacial score (nSPS) is 16.6. The maximum absolute atomic E-state index is 12.9. The fraction of sp³-hybridized carbons (Fsp3) is 0.467. The van der Waals surface area contributed by atoms with E-state index in [1.54, 1.807) is 4.90 Å². The predicted octanol–water partition coefficient (Wildman–Crippen LogP) is 1.97. The van der Waals surface area contributed by atoms with Crippen LogP contribution in [0.5, 0.6) is 0 Å². The lowest BCUT2D eigenvalue weighted by Crippen LogP contribution is -2.50. The van der Waals surface area contributed by atoms with Crippen molar-refractivity contribution in [3.63, 3.8) is 0 Å². The lowest BCUT2D eigenvalue weighted by atomic mass is 10.0. The minimum absolute atomic E-state index is 0.0262. The minimum Gasteiger partial charge on any atom is -0.369 e.